The summed E-state index contributed by atoms with van der Waals surface area (Å²) in [6.45, 7) is 26.7. The molecule has 0 aromatic carbocycles. The predicted octanol–water partition coefficient (Wildman–Crippen LogP) is 3.11. The number of rotatable bonds is 10. The molecule has 0 aliphatic heterocycles. The zero-order valence-corrected chi connectivity index (χ0v) is 21.8. The molecule has 6 heteroatoms. The molecule has 4 N–H and O–H groups in total. The van der Waals surface area contributed by atoms with Crippen LogP contribution in [0.4, 0.5) is 0 Å². The van der Waals surface area contributed by atoms with Gasteiger partial charge in [0.1, 0.15) is 5.78 Å². The molecule has 30 heavy (non-hydrogen) atoms. The molecule has 0 heterocycles. The third-order valence-corrected chi connectivity index (χ3v) is 4.64. The zero-order valence-electron chi connectivity index (χ0n) is 21.8. The second kappa shape index (κ2) is 11.1. The Morgan fingerprint density at radius 3 is 1.20 bits per heavy atom. The molecule has 0 aromatic heterocycles. The van der Waals surface area contributed by atoms with E-state index < -0.39 is 5.41 Å². The lowest BCUT2D eigenvalue weighted by atomic mass is 9.82. The maximum absolute atomic E-state index is 13.0. The third kappa shape index (κ3) is 14.1. The van der Waals surface area contributed by atoms with Crippen LogP contribution in [0.1, 0.15) is 83.1 Å². The summed E-state index contributed by atoms with van der Waals surface area (Å²) in [7, 11) is 0. The van der Waals surface area contributed by atoms with Crippen molar-refractivity contribution in [1.29, 1.82) is 0 Å². The maximum atomic E-state index is 13.0. The highest BCUT2D eigenvalue weighted by Gasteiger charge is 2.31. The highest BCUT2D eigenvalue weighted by atomic mass is 16.2. The van der Waals surface area contributed by atoms with Crippen molar-refractivity contribution >= 4 is 11.7 Å². The number of hydrogen-bond acceptors (Lipinski definition) is 5. The average Bonchev–Trinajstić information content (AvgIpc) is 2.50. The van der Waals surface area contributed by atoms with Crippen LogP contribution in [-0.4, -0.2) is 54.5 Å². The maximum Gasteiger partial charge on any atom is 0.225 e. The fraction of sp³-hybridized carbons (Fsp3) is 0.917. The van der Waals surface area contributed by atoms with Crippen LogP contribution in [-0.2, 0) is 9.59 Å². The van der Waals surface area contributed by atoms with Crippen LogP contribution in [0.3, 0.4) is 0 Å². The van der Waals surface area contributed by atoms with Gasteiger partial charge in [0.2, 0.25) is 5.91 Å². The Kier molecular flexibility index (Phi) is 10.7. The summed E-state index contributed by atoms with van der Waals surface area (Å²) in [5, 5.41) is 13.4. The van der Waals surface area contributed by atoms with E-state index in [0.29, 0.717) is 26.2 Å². The van der Waals surface area contributed by atoms with Crippen LogP contribution in [0.2, 0.25) is 0 Å². The van der Waals surface area contributed by atoms with Gasteiger partial charge in [0.05, 0.1) is 5.92 Å². The number of amides is 1. The first-order valence-electron chi connectivity index (χ1n) is 11.3. The van der Waals surface area contributed by atoms with Crippen molar-refractivity contribution in [3.8, 4) is 0 Å². The van der Waals surface area contributed by atoms with Crippen molar-refractivity contribution in [2.75, 3.05) is 26.2 Å². The van der Waals surface area contributed by atoms with Gasteiger partial charge in [0.15, 0.2) is 0 Å². The quantitative estimate of drug-likeness (QED) is 0.431. The largest absolute Gasteiger partial charge is 0.355 e. The highest BCUT2D eigenvalue weighted by molar-refractivity contribution is 5.87. The summed E-state index contributed by atoms with van der Waals surface area (Å²) in [4.78, 5) is 26.0. The van der Waals surface area contributed by atoms with Crippen molar-refractivity contribution in [2.24, 2.45) is 17.3 Å². The minimum atomic E-state index is -0.448. The molecule has 1 unspecified atom stereocenters. The molecule has 0 saturated heterocycles. The summed E-state index contributed by atoms with van der Waals surface area (Å²) < 4.78 is 0. The lowest BCUT2D eigenvalue weighted by molar-refractivity contribution is -0.131. The molecule has 178 valence electrons. The van der Waals surface area contributed by atoms with Crippen LogP contribution in [0.15, 0.2) is 0 Å². The lowest BCUT2D eigenvalue weighted by Gasteiger charge is -2.30. The van der Waals surface area contributed by atoms with Gasteiger partial charge in [-0.15, -0.1) is 0 Å². The van der Waals surface area contributed by atoms with E-state index in [1.165, 1.54) is 0 Å². The molecule has 6 nitrogen and oxygen atoms in total. The number of Topliss-reactive ketones (excluding diaryl/α,β-unsaturated/α-hetero) is 1. The molecule has 0 aliphatic rings. The lowest BCUT2D eigenvalue weighted by Crippen LogP contribution is -2.52. The van der Waals surface area contributed by atoms with Crippen molar-refractivity contribution in [3.05, 3.63) is 0 Å². The second-order valence-electron chi connectivity index (χ2n) is 12.6. The first kappa shape index (κ1) is 29.0. The Labute approximate surface area is 186 Å². The van der Waals surface area contributed by atoms with Gasteiger partial charge in [-0.3, -0.25) is 9.59 Å². The van der Waals surface area contributed by atoms with E-state index in [1.807, 2.05) is 20.8 Å². The number of carbonyl (C=O) groups excluding carboxylic acids is 2. The fourth-order valence-corrected chi connectivity index (χ4v) is 2.78. The van der Waals surface area contributed by atoms with Crippen molar-refractivity contribution in [3.63, 3.8) is 0 Å². The third-order valence-electron chi connectivity index (χ3n) is 4.64. The first-order valence-corrected chi connectivity index (χ1v) is 11.3. The molecule has 0 rings (SSSR count). The molecular weight excluding hydrogens is 376 g/mol. The van der Waals surface area contributed by atoms with Crippen LogP contribution in [0.5, 0.6) is 0 Å². The minimum absolute atomic E-state index is 0.0223. The topological polar surface area (TPSA) is 82.3 Å². The van der Waals surface area contributed by atoms with Crippen LogP contribution < -0.4 is 21.3 Å². The van der Waals surface area contributed by atoms with Crippen LogP contribution in [0, 0.1) is 17.3 Å². The highest BCUT2D eigenvalue weighted by Crippen LogP contribution is 2.20. The van der Waals surface area contributed by atoms with Gasteiger partial charge in [-0.05, 0) is 62.3 Å². The van der Waals surface area contributed by atoms with E-state index in [2.05, 4.69) is 83.6 Å². The Morgan fingerprint density at radius 2 is 0.900 bits per heavy atom. The summed E-state index contributed by atoms with van der Waals surface area (Å²) in [5.74, 6) is -0.341. The van der Waals surface area contributed by atoms with Gasteiger partial charge in [-0.2, -0.15) is 0 Å². The van der Waals surface area contributed by atoms with Gasteiger partial charge < -0.3 is 21.3 Å². The second-order valence-corrected chi connectivity index (χ2v) is 12.6. The Hall–Kier alpha value is -0.980. The Bertz CT molecular complexity index is 528. The summed E-state index contributed by atoms with van der Waals surface area (Å²) >= 11 is 0. The van der Waals surface area contributed by atoms with Gasteiger partial charge in [-0.1, -0.05) is 20.8 Å². The van der Waals surface area contributed by atoms with Crippen molar-refractivity contribution in [2.45, 2.75) is 99.7 Å². The molecule has 0 spiro atoms. The zero-order chi connectivity index (χ0) is 24.0. The summed E-state index contributed by atoms with van der Waals surface area (Å²) in [6.07, 6.45) is 0. The number of nitrogens with one attached hydrogen (secondary N) is 4. The Balaban J connectivity index is 5.20. The summed E-state index contributed by atoms with van der Waals surface area (Å²) in [6, 6.07) is 0. The normalized spacial score (nSPS) is 14.7. The van der Waals surface area contributed by atoms with Crippen molar-refractivity contribution in [1.82, 2.24) is 21.3 Å². The van der Waals surface area contributed by atoms with Gasteiger partial charge in [0, 0.05) is 54.1 Å². The number of hydrogen-bond donors (Lipinski definition) is 4. The van der Waals surface area contributed by atoms with E-state index in [-0.39, 0.29) is 40.1 Å². The number of ketones is 1. The molecule has 1 atom stereocenters. The smallest absolute Gasteiger partial charge is 0.225 e. The van der Waals surface area contributed by atoms with Crippen molar-refractivity contribution < 1.29 is 9.59 Å². The van der Waals surface area contributed by atoms with Gasteiger partial charge in [-0.25, -0.2) is 0 Å². The summed E-state index contributed by atoms with van der Waals surface area (Å²) in [5.41, 5.74) is -0.671. The molecule has 0 bridgehead atoms. The Morgan fingerprint density at radius 1 is 0.567 bits per heavy atom. The first-order chi connectivity index (χ1) is 13.2. The minimum Gasteiger partial charge on any atom is -0.355 e. The predicted molar refractivity (Wildman–Crippen MR) is 128 cm³/mol. The molecule has 0 fully saturated rings. The van der Waals surface area contributed by atoms with E-state index in [0.717, 1.165) is 0 Å². The fourth-order valence-electron chi connectivity index (χ4n) is 2.78. The van der Waals surface area contributed by atoms with Gasteiger partial charge >= 0.3 is 0 Å². The molecule has 0 aromatic rings. The SMILES string of the molecule is CC(C)(C)NCC(CNC(C)(C)C)C(=O)NCC(CNC(C)(C)C)C(=O)C(C)(C)C. The number of carbonyl (C=O) groups is 2. The molecule has 1 amide bonds. The van der Waals surface area contributed by atoms with E-state index in [9.17, 15) is 9.59 Å². The molecule has 0 radical (unpaired) electrons. The standard InChI is InChI=1S/C24H50N4O2/c1-21(2,3)19(29)17(14-26-22(4,5)6)13-25-20(30)18(15-27-23(7,8)9)16-28-24(10,11)12/h17-18,26-28H,13-16H2,1-12H3,(H,25,30). The van der Waals surface area contributed by atoms with Crippen LogP contribution >= 0.6 is 0 Å². The van der Waals surface area contributed by atoms with E-state index in [1.54, 1.807) is 0 Å². The average molecular weight is 427 g/mol. The monoisotopic (exact) mass is 426 g/mol. The molecule has 0 aliphatic carbocycles. The van der Waals surface area contributed by atoms with Gasteiger partial charge in [0.25, 0.3) is 0 Å². The molecule has 0 saturated carbocycles. The molecular formula is C24H50N4O2. The van der Waals surface area contributed by atoms with E-state index >= 15 is 0 Å². The van der Waals surface area contributed by atoms with Crippen LogP contribution in [0.25, 0.3) is 0 Å². The van der Waals surface area contributed by atoms with E-state index in [4.69, 9.17) is 0 Å².